The SMILES string of the molecule is C/C(Cc1ccc(Cl)cc1)=C(/c1ccc(Cl)cc1)c1ccc(OCCN2CCCC2)cc1. The maximum Gasteiger partial charge on any atom is 0.119 e. The minimum absolute atomic E-state index is 0.731. The minimum Gasteiger partial charge on any atom is -0.492 e. The van der Waals surface area contributed by atoms with Crippen molar-refractivity contribution < 1.29 is 4.74 Å². The molecule has 3 aromatic rings. The summed E-state index contributed by atoms with van der Waals surface area (Å²) in [5.74, 6) is 0.916. The molecule has 1 saturated heterocycles. The van der Waals surface area contributed by atoms with Crippen molar-refractivity contribution in [2.75, 3.05) is 26.2 Å². The average Bonchev–Trinajstić information content (AvgIpc) is 3.31. The molecule has 0 aliphatic carbocycles. The highest BCUT2D eigenvalue weighted by atomic mass is 35.5. The number of nitrogens with zero attached hydrogens (tertiary/aromatic N) is 1. The predicted octanol–water partition coefficient (Wildman–Crippen LogP) is 7.53. The number of rotatable bonds is 8. The lowest BCUT2D eigenvalue weighted by Gasteiger charge is -2.16. The maximum atomic E-state index is 6.15. The number of hydrogen-bond donors (Lipinski definition) is 0. The van der Waals surface area contributed by atoms with E-state index in [1.807, 2.05) is 24.3 Å². The van der Waals surface area contributed by atoms with Crippen molar-refractivity contribution in [2.24, 2.45) is 0 Å². The van der Waals surface area contributed by atoms with Gasteiger partial charge in [-0.3, -0.25) is 4.90 Å². The molecule has 1 heterocycles. The molecule has 0 N–H and O–H groups in total. The fourth-order valence-electron chi connectivity index (χ4n) is 4.29. The average molecular weight is 466 g/mol. The molecule has 4 rings (SSSR count). The van der Waals surface area contributed by atoms with Gasteiger partial charge in [0.25, 0.3) is 0 Å². The summed E-state index contributed by atoms with van der Waals surface area (Å²) in [6.07, 6.45) is 3.47. The van der Waals surface area contributed by atoms with Crippen LogP contribution in [0.1, 0.15) is 36.5 Å². The van der Waals surface area contributed by atoms with E-state index in [0.717, 1.165) is 40.9 Å². The molecule has 1 aliphatic heterocycles. The van der Waals surface area contributed by atoms with Crippen molar-refractivity contribution in [2.45, 2.75) is 26.2 Å². The van der Waals surface area contributed by atoms with Gasteiger partial charge < -0.3 is 4.74 Å². The first kappa shape index (κ1) is 22.9. The second kappa shape index (κ2) is 11.0. The van der Waals surface area contributed by atoms with Crippen LogP contribution in [0.15, 0.2) is 78.4 Å². The monoisotopic (exact) mass is 465 g/mol. The first-order chi connectivity index (χ1) is 15.6. The molecule has 2 nitrogen and oxygen atoms in total. The van der Waals surface area contributed by atoms with Crippen molar-refractivity contribution in [3.8, 4) is 5.75 Å². The van der Waals surface area contributed by atoms with E-state index in [1.165, 1.54) is 48.2 Å². The molecule has 4 heteroatoms. The van der Waals surface area contributed by atoms with Gasteiger partial charge in [0.2, 0.25) is 0 Å². The Labute approximate surface area is 201 Å². The van der Waals surface area contributed by atoms with Crippen LogP contribution in [0.5, 0.6) is 5.75 Å². The molecule has 1 aliphatic rings. The van der Waals surface area contributed by atoms with Gasteiger partial charge in [-0.15, -0.1) is 0 Å². The second-order valence-electron chi connectivity index (χ2n) is 8.39. The lowest BCUT2D eigenvalue weighted by molar-refractivity contribution is 0.238. The third-order valence-corrected chi connectivity index (χ3v) is 6.46. The van der Waals surface area contributed by atoms with E-state index < -0.39 is 0 Å². The Morgan fingerprint density at radius 1 is 0.781 bits per heavy atom. The smallest absolute Gasteiger partial charge is 0.119 e. The van der Waals surface area contributed by atoms with Gasteiger partial charge in [0.05, 0.1) is 0 Å². The molecule has 0 radical (unpaired) electrons. The van der Waals surface area contributed by atoms with E-state index in [2.05, 4.69) is 60.4 Å². The Bertz CT molecular complexity index is 1030. The molecular formula is C28H29Cl2NO. The fourth-order valence-corrected chi connectivity index (χ4v) is 4.54. The zero-order valence-electron chi connectivity index (χ0n) is 18.5. The van der Waals surface area contributed by atoms with Crippen LogP contribution in [0.2, 0.25) is 10.0 Å². The summed E-state index contributed by atoms with van der Waals surface area (Å²) in [4.78, 5) is 2.47. The van der Waals surface area contributed by atoms with Crippen LogP contribution in [-0.2, 0) is 6.42 Å². The standard InChI is InChI=1S/C28H29Cl2NO/c1-21(20-22-4-10-25(29)11-5-22)28(23-6-12-26(30)13-7-23)24-8-14-27(15-9-24)32-19-18-31-16-2-3-17-31/h4-15H,2-3,16-20H2,1H3/b28-21+. The molecule has 0 unspecified atom stereocenters. The predicted molar refractivity (Wildman–Crippen MR) is 136 cm³/mol. The molecule has 0 spiro atoms. The van der Waals surface area contributed by atoms with E-state index in [1.54, 1.807) is 0 Å². The molecular weight excluding hydrogens is 437 g/mol. The first-order valence-electron chi connectivity index (χ1n) is 11.2. The van der Waals surface area contributed by atoms with Crippen molar-refractivity contribution in [3.05, 3.63) is 105 Å². The molecule has 3 aromatic carbocycles. The molecule has 0 aromatic heterocycles. The zero-order valence-corrected chi connectivity index (χ0v) is 20.0. The number of allylic oxidation sites excluding steroid dienone is 1. The fraction of sp³-hybridized carbons (Fsp3) is 0.286. The Kier molecular flexibility index (Phi) is 7.91. The molecule has 32 heavy (non-hydrogen) atoms. The van der Waals surface area contributed by atoms with Gasteiger partial charge in [0.1, 0.15) is 12.4 Å². The lowest BCUT2D eigenvalue weighted by Crippen LogP contribution is -2.25. The van der Waals surface area contributed by atoms with Crippen molar-refractivity contribution >= 4 is 28.8 Å². The summed E-state index contributed by atoms with van der Waals surface area (Å²) in [5, 5.41) is 1.50. The molecule has 166 valence electrons. The number of ether oxygens (including phenoxy) is 1. The van der Waals surface area contributed by atoms with Crippen molar-refractivity contribution in [1.29, 1.82) is 0 Å². The summed E-state index contributed by atoms with van der Waals surface area (Å²) < 4.78 is 6.00. The number of halogens is 2. The van der Waals surface area contributed by atoms with Crippen molar-refractivity contribution in [1.82, 2.24) is 4.90 Å². The van der Waals surface area contributed by atoms with Gasteiger partial charge in [-0.05, 0) is 97.9 Å². The first-order valence-corrected chi connectivity index (χ1v) is 12.0. The van der Waals surface area contributed by atoms with E-state index in [9.17, 15) is 0 Å². The van der Waals surface area contributed by atoms with Crippen LogP contribution in [0.25, 0.3) is 5.57 Å². The van der Waals surface area contributed by atoms with Gasteiger partial charge in [0.15, 0.2) is 0 Å². The Morgan fingerprint density at radius 2 is 1.31 bits per heavy atom. The third-order valence-electron chi connectivity index (χ3n) is 5.96. The van der Waals surface area contributed by atoms with Crippen LogP contribution >= 0.6 is 23.2 Å². The summed E-state index contributed by atoms with van der Waals surface area (Å²) in [6.45, 7) is 6.32. The topological polar surface area (TPSA) is 12.5 Å². The molecule has 0 atom stereocenters. The third kappa shape index (κ3) is 6.16. The van der Waals surface area contributed by atoms with Gasteiger partial charge in [0, 0.05) is 16.6 Å². The van der Waals surface area contributed by atoms with Crippen LogP contribution in [-0.4, -0.2) is 31.1 Å². The highest BCUT2D eigenvalue weighted by molar-refractivity contribution is 6.30. The van der Waals surface area contributed by atoms with E-state index in [0.29, 0.717) is 0 Å². The Balaban J connectivity index is 1.55. The molecule has 0 saturated carbocycles. The van der Waals surface area contributed by atoms with E-state index in [-0.39, 0.29) is 0 Å². The summed E-state index contributed by atoms with van der Waals surface area (Å²) >= 11 is 12.2. The molecule has 1 fully saturated rings. The number of likely N-dealkylation sites (tertiary alicyclic amines) is 1. The quantitative estimate of drug-likeness (QED) is 0.340. The highest BCUT2D eigenvalue weighted by Gasteiger charge is 2.12. The number of benzene rings is 3. The van der Waals surface area contributed by atoms with Crippen LogP contribution in [0.4, 0.5) is 0 Å². The second-order valence-corrected chi connectivity index (χ2v) is 9.26. The van der Waals surface area contributed by atoms with Gasteiger partial charge in [-0.2, -0.15) is 0 Å². The lowest BCUT2D eigenvalue weighted by atomic mass is 9.91. The van der Waals surface area contributed by atoms with Gasteiger partial charge >= 0.3 is 0 Å². The largest absolute Gasteiger partial charge is 0.492 e. The van der Waals surface area contributed by atoms with Crippen LogP contribution in [0, 0.1) is 0 Å². The van der Waals surface area contributed by atoms with Crippen LogP contribution in [0.3, 0.4) is 0 Å². The van der Waals surface area contributed by atoms with E-state index >= 15 is 0 Å². The van der Waals surface area contributed by atoms with Crippen molar-refractivity contribution in [3.63, 3.8) is 0 Å². The maximum absolute atomic E-state index is 6.15. The Hall–Kier alpha value is -2.26. The number of hydrogen-bond acceptors (Lipinski definition) is 2. The Morgan fingerprint density at radius 3 is 1.91 bits per heavy atom. The summed E-state index contributed by atoms with van der Waals surface area (Å²) in [6, 6.07) is 24.6. The molecule has 0 bridgehead atoms. The summed E-state index contributed by atoms with van der Waals surface area (Å²) in [5.41, 5.74) is 6.08. The highest BCUT2D eigenvalue weighted by Crippen LogP contribution is 2.31. The molecule has 0 amide bonds. The van der Waals surface area contributed by atoms with Gasteiger partial charge in [-0.25, -0.2) is 0 Å². The van der Waals surface area contributed by atoms with E-state index in [4.69, 9.17) is 27.9 Å². The van der Waals surface area contributed by atoms with Gasteiger partial charge in [-0.1, -0.05) is 65.2 Å². The van der Waals surface area contributed by atoms with Crippen LogP contribution < -0.4 is 4.74 Å². The normalized spacial score (nSPS) is 15.0. The zero-order chi connectivity index (χ0) is 22.3. The summed E-state index contributed by atoms with van der Waals surface area (Å²) in [7, 11) is 0. The minimum atomic E-state index is 0.731.